The number of nitro benzene ring substituents is 1. The van der Waals surface area contributed by atoms with Gasteiger partial charge in [0, 0.05) is 17.4 Å². The number of rotatable bonds is 6. The van der Waals surface area contributed by atoms with Gasteiger partial charge >= 0.3 is 0 Å². The van der Waals surface area contributed by atoms with Crippen molar-refractivity contribution in [1.29, 1.82) is 0 Å². The van der Waals surface area contributed by atoms with Crippen molar-refractivity contribution in [3.8, 4) is 5.75 Å². The molecule has 2 aromatic heterocycles. The molecule has 1 aliphatic heterocycles. The number of carbonyl (C=O) groups is 1. The van der Waals surface area contributed by atoms with E-state index in [0.29, 0.717) is 17.9 Å². The summed E-state index contributed by atoms with van der Waals surface area (Å²) in [4.78, 5) is 23.7. The molecule has 1 aromatic carbocycles. The fourth-order valence-electron chi connectivity index (χ4n) is 2.96. The van der Waals surface area contributed by atoms with Gasteiger partial charge in [0.25, 0.3) is 11.6 Å². The summed E-state index contributed by atoms with van der Waals surface area (Å²) in [5.74, 6) is -1.05. The molecule has 1 atom stereocenters. The average molecular weight is 415 g/mol. The molecule has 0 bridgehead atoms. The standard InChI is InChI=1S/C19H14FN3O5S/c20-13-9-12(23(25)26)5-6-16(13)28-11-19(24)22-15(18-4-2-8-29-18)10-14(21-22)17-3-1-7-27-17/h1-9,15H,10-11H2. The lowest BCUT2D eigenvalue weighted by molar-refractivity contribution is -0.385. The van der Waals surface area contributed by atoms with E-state index in [1.807, 2.05) is 17.5 Å². The first-order valence-electron chi connectivity index (χ1n) is 8.56. The Morgan fingerprint density at radius 3 is 2.90 bits per heavy atom. The SMILES string of the molecule is O=C(COc1ccc([N+](=O)[O-])cc1F)N1N=C(c2ccco2)CC1c1cccs1. The van der Waals surface area contributed by atoms with E-state index in [9.17, 15) is 19.3 Å². The molecule has 148 valence electrons. The topological polar surface area (TPSA) is 98.2 Å². The minimum atomic E-state index is -0.914. The van der Waals surface area contributed by atoms with Crippen LogP contribution in [0.3, 0.4) is 0 Å². The first kappa shape index (κ1) is 18.8. The Bertz CT molecular complexity index is 1070. The zero-order valence-electron chi connectivity index (χ0n) is 14.9. The van der Waals surface area contributed by atoms with Gasteiger partial charge in [0.15, 0.2) is 18.2 Å². The molecule has 1 aliphatic rings. The van der Waals surface area contributed by atoms with Crippen molar-refractivity contribution in [2.24, 2.45) is 5.10 Å². The fraction of sp³-hybridized carbons (Fsp3) is 0.158. The number of nitrogens with zero attached hydrogens (tertiary/aromatic N) is 3. The summed E-state index contributed by atoms with van der Waals surface area (Å²) >= 11 is 1.50. The highest BCUT2D eigenvalue weighted by molar-refractivity contribution is 7.10. The highest BCUT2D eigenvalue weighted by Gasteiger charge is 2.34. The number of amides is 1. The molecule has 0 saturated heterocycles. The summed E-state index contributed by atoms with van der Waals surface area (Å²) in [5, 5.41) is 18.3. The van der Waals surface area contributed by atoms with E-state index in [-0.39, 0.29) is 11.8 Å². The Balaban J connectivity index is 1.51. The molecule has 10 heteroatoms. The molecule has 0 aliphatic carbocycles. The van der Waals surface area contributed by atoms with E-state index < -0.39 is 28.9 Å². The van der Waals surface area contributed by atoms with Crippen LogP contribution in [-0.2, 0) is 4.79 Å². The lowest BCUT2D eigenvalue weighted by atomic mass is 10.1. The van der Waals surface area contributed by atoms with Crippen molar-refractivity contribution in [3.05, 3.63) is 80.7 Å². The van der Waals surface area contributed by atoms with Crippen molar-refractivity contribution < 1.29 is 23.3 Å². The summed E-state index contributed by atoms with van der Waals surface area (Å²) in [5.41, 5.74) is 0.231. The molecular formula is C19H14FN3O5S. The van der Waals surface area contributed by atoms with Crippen LogP contribution in [0.2, 0.25) is 0 Å². The number of nitro groups is 1. The summed E-state index contributed by atoms with van der Waals surface area (Å²) in [6.45, 7) is -0.467. The van der Waals surface area contributed by atoms with E-state index in [1.54, 1.807) is 12.1 Å². The molecule has 0 N–H and O–H groups in total. The van der Waals surface area contributed by atoms with Crippen LogP contribution in [0.5, 0.6) is 5.75 Å². The highest BCUT2D eigenvalue weighted by atomic mass is 32.1. The predicted octanol–water partition coefficient (Wildman–Crippen LogP) is 4.15. The maximum Gasteiger partial charge on any atom is 0.281 e. The lowest BCUT2D eigenvalue weighted by Gasteiger charge is -2.20. The van der Waals surface area contributed by atoms with Crippen LogP contribution in [0.1, 0.15) is 23.1 Å². The molecule has 1 amide bonds. The predicted molar refractivity (Wildman–Crippen MR) is 102 cm³/mol. The number of hydrogen-bond acceptors (Lipinski definition) is 7. The summed E-state index contributed by atoms with van der Waals surface area (Å²) in [6, 6.07) is 9.97. The zero-order chi connectivity index (χ0) is 20.4. The van der Waals surface area contributed by atoms with Gasteiger partial charge in [-0.3, -0.25) is 14.9 Å². The molecule has 0 saturated carbocycles. The number of carbonyl (C=O) groups excluding carboxylic acids is 1. The number of hydrazone groups is 1. The van der Waals surface area contributed by atoms with Gasteiger partial charge in [0.1, 0.15) is 11.5 Å². The van der Waals surface area contributed by atoms with Gasteiger partial charge in [0.05, 0.1) is 23.3 Å². The number of non-ortho nitro benzene ring substituents is 1. The molecule has 29 heavy (non-hydrogen) atoms. The van der Waals surface area contributed by atoms with Crippen molar-refractivity contribution in [2.45, 2.75) is 12.5 Å². The van der Waals surface area contributed by atoms with Crippen molar-refractivity contribution in [2.75, 3.05) is 6.61 Å². The number of ether oxygens (including phenoxy) is 1. The number of benzene rings is 1. The Kier molecular flexibility index (Phi) is 5.09. The first-order valence-corrected chi connectivity index (χ1v) is 9.44. The zero-order valence-corrected chi connectivity index (χ0v) is 15.7. The van der Waals surface area contributed by atoms with Gasteiger partial charge in [-0.05, 0) is 29.6 Å². The number of hydrogen-bond donors (Lipinski definition) is 0. The molecule has 1 unspecified atom stereocenters. The highest BCUT2D eigenvalue weighted by Crippen LogP contribution is 2.35. The lowest BCUT2D eigenvalue weighted by Crippen LogP contribution is -2.31. The number of halogens is 1. The fourth-order valence-corrected chi connectivity index (χ4v) is 3.77. The maximum atomic E-state index is 14.0. The molecular weight excluding hydrogens is 401 g/mol. The normalized spacial score (nSPS) is 16.0. The van der Waals surface area contributed by atoms with Crippen LogP contribution in [0, 0.1) is 15.9 Å². The van der Waals surface area contributed by atoms with Crippen LogP contribution < -0.4 is 4.74 Å². The van der Waals surface area contributed by atoms with Gasteiger partial charge in [-0.15, -0.1) is 11.3 Å². The van der Waals surface area contributed by atoms with Crippen LogP contribution in [-0.4, -0.2) is 28.2 Å². The molecule has 3 aromatic rings. The summed E-state index contributed by atoms with van der Waals surface area (Å²) in [6.07, 6.45) is 2.01. The first-order chi connectivity index (χ1) is 14.0. The van der Waals surface area contributed by atoms with Gasteiger partial charge in [-0.1, -0.05) is 6.07 Å². The molecule has 3 heterocycles. The Morgan fingerprint density at radius 2 is 2.24 bits per heavy atom. The van der Waals surface area contributed by atoms with E-state index in [0.717, 1.165) is 23.1 Å². The van der Waals surface area contributed by atoms with Gasteiger partial charge in [0.2, 0.25) is 0 Å². The van der Waals surface area contributed by atoms with Crippen LogP contribution in [0.15, 0.2) is 63.6 Å². The van der Waals surface area contributed by atoms with E-state index in [1.165, 1.54) is 22.6 Å². The quantitative estimate of drug-likeness (QED) is 0.445. The number of thiophene rings is 1. The second-order valence-corrected chi connectivity index (χ2v) is 7.14. The van der Waals surface area contributed by atoms with E-state index in [2.05, 4.69) is 5.10 Å². The molecule has 0 fully saturated rings. The Hall–Kier alpha value is -3.53. The molecule has 8 nitrogen and oxygen atoms in total. The monoisotopic (exact) mass is 415 g/mol. The smallest absolute Gasteiger partial charge is 0.281 e. The third kappa shape index (κ3) is 3.87. The minimum Gasteiger partial charge on any atom is -0.481 e. The molecule has 0 spiro atoms. The second kappa shape index (κ2) is 7.84. The van der Waals surface area contributed by atoms with Crippen LogP contribution in [0.25, 0.3) is 0 Å². The third-order valence-corrected chi connectivity index (χ3v) is 5.29. The average Bonchev–Trinajstić information content (AvgIpc) is 3.47. The van der Waals surface area contributed by atoms with Gasteiger partial charge < -0.3 is 9.15 Å². The van der Waals surface area contributed by atoms with Crippen LogP contribution in [0.4, 0.5) is 10.1 Å². The minimum absolute atomic E-state index is 0.244. The van der Waals surface area contributed by atoms with Gasteiger partial charge in [-0.25, -0.2) is 9.40 Å². The van der Waals surface area contributed by atoms with E-state index >= 15 is 0 Å². The van der Waals surface area contributed by atoms with Gasteiger partial charge in [-0.2, -0.15) is 5.10 Å². The third-order valence-electron chi connectivity index (χ3n) is 4.32. The Morgan fingerprint density at radius 1 is 1.38 bits per heavy atom. The Labute approximate surface area is 168 Å². The maximum absolute atomic E-state index is 14.0. The summed E-state index contributed by atoms with van der Waals surface area (Å²) < 4.78 is 24.6. The van der Waals surface area contributed by atoms with Crippen LogP contribution >= 0.6 is 11.3 Å². The molecule has 4 rings (SSSR count). The van der Waals surface area contributed by atoms with Crippen molar-refractivity contribution in [1.82, 2.24) is 5.01 Å². The second-order valence-electron chi connectivity index (χ2n) is 6.16. The largest absolute Gasteiger partial charge is 0.481 e. The van der Waals surface area contributed by atoms with E-state index in [4.69, 9.17) is 9.15 Å². The summed E-state index contributed by atoms with van der Waals surface area (Å²) in [7, 11) is 0. The molecule has 0 radical (unpaired) electrons. The van der Waals surface area contributed by atoms with Crippen molar-refractivity contribution in [3.63, 3.8) is 0 Å². The van der Waals surface area contributed by atoms with Crippen molar-refractivity contribution >= 4 is 28.6 Å². The number of furan rings is 1.